The van der Waals surface area contributed by atoms with Crippen molar-refractivity contribution in [3.63, 3.8) is 0 Å². The van der Waals surface area contributed by atoms with Gasteiger partial charge in [0.05, 0.1) is 0 Å². The van der Waals surface area contributed by atoms with E-state index in [1.54, 1.807) is 23.2 Å². The molecule has 1 amide bonds. The summed E-state index contributed by atoms with van der Waals surface area (Å²) < 4.78 is 0. The third-order valence-electron chi connectivity index (χ3n) is 3.80. The van der Waals surface area contributed by atoms with Crippen molar-refractivity contribution in [2.24, 2.45) is 0 Å². The summed E-state index contributed by atoms with van der Waals surface area (Å²) in [4.78, 5) is 18.5. The second kappa shape index (κ2) is 5.66. The molecule has 108 valence electrons. The van der Waals surface area contributed by atoms with Crippen molar-refractivity contribution in [1.29, 1.82) is 0 Å². The zero-order valence-electron chi connectivity index (χ0n) is 11.5. The van der Waals surface area contributed by atoms with Crippen LogP contribution in [-0.2, 0) is 0 Å². The van der Waals surface area contributed by atoms with Gasteiger partial charge in [-0.1, -0.05) is 29.3 Å². The lowest BCUT2D eigenvalue weighted by atomic mass is 9.94. The number of hydrogen-bond acceptors (Lipinski definition) is 2. The Balaban J connectivity index is 1.71. The summed E-state index contributed by atoms with van der Waals surface area (Å²) in [5.41, 5.74) is 2.36. The number of rotatable bonds is 2. The number of carbonyl (C=O) groups excluding carboxylic acids is 1. The smallest absolute Gasteiger partial charge is 0.254 e. The van der Waals surface area contributed by atoms with Crippen LogP contribution < -0.4 is 0 Å². The van der Waals surface area contributed by atoms with Crippen molar-refractivity contribution in [3.05, 3.63) is 63.4 Å². The van der Waals surface area contributed by atoms with E-state index in [2.05, 4.69) is 4.98 Å². The fourth-order valence-corrected chi connectivity index (χ4v) is 2.89. The predicted molar refractivity (Wildman–Crippen MR) is 84.1 cm³/mol. The number of carbonyl (C=O) groups is 1. The molecule has 3 rings (SSSR count). The van der Waals surface area contributed by atoms with Crippen LogP contribution in [0.1, 0.15) is 27.5 Å². The first-order valence-electron chi connectivity index (χ1n) is 6.72. The van der Waals surface area contributed by atoms with E-state index in [1.807, 2.05) is 25.1 Å². The molecule has 1 aliphatic heterocycles. The standard InChI is InChI=1S/C16H14Cl2N2O/c1-10-13(17)6-11(7-14(10)18)16(21)20-8-12(9-20)15-4-2-3-5-19-15/h2-7,12H,8-9H2,1H3. The number of aromatic nitrogens is 1. The Hall–Kier alpha value is -1.58. The lowest BCUT2D eigenvalue weighted by Gasteiger charge is -2.39. The van der Waals surface area contributed by atoms with Crippen LogP contribution in [0.5, 0.6) is 0 Å². The maximum absolute atomic E-state index is 12.4. The number of nitrogens with zero attached hydrogens (tertiary/aromatic N) is 2. The van der Waals surface area contributed by atoms with Gasteiger partial charge < -0.3 is 4.90 Å². The van der Waals surface area contributed by atoms with Gasteiger partial charge in [-0.25, -0.2) is 0 Å². The molecule has 1 fully saturated rings. The number of likely N-dealkylation sites (tertiary alicyclic amines) is 1. The zero-order valence-corrected chi connectivity index (χ0v) is 13.0. The van der Waals surface area contributed by atoms with Crippen LogP contribution in [0, 0.1) is 6.92 Å². The van der Waals surface area contributed by atoms with Crippen LogP contribution in [0.3, 0.4) is 0 Å². The fraction of sp³-hybridized carbons (Fsp3) is 0.250. The number of halogens is 2. The Bertz CT molecular complexity index is 659. The van der Waals surface area contributed by atoms with Gasteiger partial charge in [-0.3, -0.25) is 9.78 Å². The molecular formula is C16H14Cl2N2O. The highest BCUT2D eigenvalue weighted by atomic mass is 35.5. The molecule has 2 aromatic rings. The second-order valence-corrected chi connectivity index (χ2v) is 6.04. The van der Waals surface area contributed by atoms with E-state index in [-0.39, 0.29) is 5.91 Å². The van der Waals surface area contributed by atoms with Crippen LogP contribution in [0.4, 0.5) is 0 Å². The molecule has 0 N–H and O–H groups in total. The summed E-state index contributed by atoms with van der Waals surface area (Å²) in [5.74, 6) is 0.275. The normalized spacial score (nSPS) is 14.9. The van der Waals surface area contributed by atoms with E-state index >= 15 is 0 Å². The first-order valence-corrected chi connectivity index (χ1v) is 7.47. The minimum Gasteiger partial charge on any atom is -0.337 e. The summed E-state index contributed by atoms with van der Waals surface area (Å²) in [6, 6.07) is 9.21. The quantitative estimate of drug-likeness (QED) is 0.839. The van der Waals surface area contributed by atoms with E-state index < -0.39 is 0 Å². The molecule has 0 spiro atoms. The van der Waals surface area contributed by atoms with Gasteiger partial charge in [0.1, 0.15) is 0 Å². The van der Waals surface area contributed by atoms with E-state index in [0.29, 0.717) is 34.6 Å². The van der Waals surface area contributed by atoms with Crippen molar-refractivity contribution < 1.29 is 4.79 Å². The molecule has 5 heteroatoms. The van der Waals surface area contributed by atoms with E-state index in [0.717, 1.165) is 11.3 Å². The SMILES string of the molecule is Cc1c(Cl)cc(C(=O)N2CC(c3ccccn3)C2)cc1Cl. The Morgan fingerprint density at radius 3 is 2.48 bits per heavy atom. The maximum atomic E-state index is 12.4. The van der Waals surface area contributed by atoms with Crippen LogP contribution in [-0.4, -0.2) is 28.9 Å². The maximum Gasteiger partial charge on any atom is 0.254 e. The molecule has 3 nitrogen and oxygen atoms in total. The minimum atomic E-state index is -0.0361. The monoisotopic (exact) mass is 320 g/mol. The Kier molecular flexibility index (Phi) is 3.87. The highest BCUT2D eigenvalue weighted by molar-refractivity contribution is 6.36. The lowest BCUT2D eigenvalue weighted by molar-refractivity contribution is 0.0599. The summed E-state index contributed by atoms with van der Waals surface area (Å²) in [7, 11) is 0. The Morgan fingerprint density at radius 1 is 1.24 bits per heavy atom. The summed E-state index contributed by atoms with van der Waals surface area (Å²) >= 11 is 12.2. The molecule has 2 heterocycles. The fourth-order valence-electron chi connectivity index (χ4n) is 2.40. The largest absolute Gasteiger partial charge is 0.337 e. The van der Waals surface area contributed by atoms with Crippen molar-refractivity contribution in [2.45, 2.75) is 12.8 Å². The third-order valence-corrected chi connectivity index (χ3v) is 4.59. The average molecular weight is 321 g/mol. The molecule has 1 aromatic carbocycles. The number of pyridine rings is 1. The molecule has 1 saturated heterocycles. The van der Waals surface area contributed by atoms with Crippen LogP contribution in [0.25, 0.3) is 0 Å². The van der Waals surface area contributed by atoms with E-state index in [4.69, 9.17) is 23.2 Å². The first-order chi connectivity index (χ1) is 10.1. The van der Waals surface area contributed by atoms with Crippen LogP contribution in [0.15, 0.2) is 36.5 Å². The third kappa shape index (κ3) is 2.76. The molecule has 0 atom stereocenters. The first kappa shape index (κ1) is 14.4. The molecule has 0 bridgehead atoms. The number of benzene rings is 1. The highest BCUT2D eigenvalue weighted by Crippen LogP contribution is 2.30. The van der Waals surface area contributed by atoms with Gasteiger partial charge in [-0.15, -0.1) is 0 Å². The molecule has 1 aromatic heterocycles. The molecule has 1 aliphatic rings. The van der Waals surface area contributed by atoms with Crippen molar-refractivity contribution in [3.8, 4) is 0 Å². The number of amides is 1. The van der Waals surface area contributed by atoms with E-state index in [1.165, 1.54) is 0 Å². The average Bonchev–Trinajstić information content (AvgIpc) is 2.43. The van der Waals surface area contributed by atoms with Gasteiger partial charge in [0.25, 0.3) is 5.91 Å². The van der Waals surface area contributed by atoms with Gasteiger partial charge in [0, 0.05) is 46.5 Å². The van der Waals surface area contributed by atoms with Gasteiger partial charge >= 0.3 is 0 Å². The van der Waals surface area contributed by atoms with Crippen LogP contribution >= 0.6 is 23.2 Å². The van der Waals surface area contributed by atoms with Gasteiger partial charge in [0.2, 0.25) is 0 Å². The molecule has 0 saturated carbocycles. The molecule has 0 aliphatic carbocycles. The van der Waals surface area contributed by atoms with Crippen LogP contribution in [0.2, 0.25) is 10.0 Å². The zero-order chi connectivity index (χ0) is 15.0. The lowest BCUT2D eigenvalue weighted by Crippen LogP contribution is -2.48. The second-order valence-electron chi connectivity index (χ2n) is 5.23. The topological polar surface area (TPSA) is 33.2 Å². The number of hydrogen-bond donors (Lipinski definition) is 0. The van der Waals surface area contributed by atoms with Crippen molar-refractivity contribution in [2.75, 3.05) is 13.1 Å². The highest BCUT2D eigenvalue weighted by Gasteiger charge is 2.33. The summed E-state index contributed by atoms with van der Waals surface area (Å²) in [5, 5.41) is 1.04. The molecule has 21 heavy (non-hydrogen) atoms. The van der Waals surface area contributed by atoms with Gasteiger partial charge in [-0.2, -0.15) is 0 Å². The Morgan fingerprint density at radius 2 is 1.90 bits per heavy atom. The molecule has 0 unspecified atom stereocenters. The van der Waals surface area contributed by atoms with Crippen molar-refractivity contribution in [1.82, 2.24) is 9.88 Å². The predicted octanol–water partition coefficient (Wildman–Crippen LogP) is 3.94. The Labute approximate surface area is 133 Å². The van der Waals surface area contributed by atoms with Crippen molar-refractivity contribution >= 4 is 29.1 Å². The summed E-state index contributed by atoms with van der Waals surface area (Å²) in [6.07, 6.45) is 1.78. The molecule has 0 radical (unpaired) electrons. The molecular weight excluding hydrogens is 307 g/mol. The van der Waals surface area contributed by atoms with E-state index in [9.17, 15) is 4.79 Å². The van der Waals surface area contributed by atoms with Gasteiger partial charge in [-0.05, 0) is 36.8 Å². The summed E-state index contributed by atoms with van der Waals surface area (Å²) in [6.45, 7) is 3.19. The minimum absolute atomic E-state index is 0.0361. The van der Waals surface area contributed by atoms with Gasteiger partial charge in [0.15, 0.2) is 0 Å².